The molecule has 0 aliphatic carbocycles. The van der Waals surface area contributed by atoms with Gasteiger partial charge >= 0.3 is 5.97 Å². The summed E-state index contributed by atoms with van der Waals surface area (Å²) in [4.78, 5) is 10.4. The average molecular weight is 227 g/mol. The van der Waals surface area contributed by atoms with Crippen molar-refractivity contribution >= 4 is 17.6 Å². The van der Waals surface area contributed by atoms with Crippen molar-refractivity contribution in [1.29, 1.82) is 0 Å². The minimum Gasteiger partial charge on any atom is -0.487 e. The van der Waals surface area contributed by atoms with Crippen LogP contribution in [0.5, 0.6) is 5.75 Å². The fourth-order valence-corrected chi connectivity index (χ4v) is 1.24. The highest BCUT2D eigenvalue weighted by Crippen LogP contribution is 2.25. The van der Waals surface area contributed by atoms with Crippen molar-refractivity contribution in [3.8, 4) is 5.75 Å². The normalized spacial score (nSPS) is 9.73. The summed E-state index contributed by atoms with van der Waals surface area (Å²) in [5, 5.41) is 9.03. The quantitative estimate of drug-likeness (QED) is 0.803. The Morgan fingerprint density at radius 2 is 2.27 bits per heavy atom. The number of hydrogen-bond donors (Lipinski definition) is 1. The second kappa shape index (κ2) is 4.84. The van der Waals surface area contributed by atoms with Gasteiger partial charge in [0.25, 0.3) is 0 Å². The first kappa shape index (κ1) is 11.6. The van der Waals surface area contributed by atoms with Crippen LogP contribution < -0.4 is 4.74 Å². The van der Waals surface area contributed by atoms with E-state index in [-0.39, 0.29) is 12.2 Å². The first-order valence-corrected chi connectivity index (χ1v) is 4.68. The van der Waals surface area contributed by atoms with Crippen molar-refractivity contribution < 1.29 is 14.6 Å². The number of aliphatic carboxylic acids is 1. The summed E-state index contributed by atoms with van der Waals surface area (Å²) in [6.07, 6.45) is 0. The number of ether oxygens (including phenoxy) is 1. The fourth-order valence-electron chi connectivity index (χ4n) is 0.950. The molecule has 0 aliphatic rings. The maximum Gasteiger partial charge on any atom is 0.334 e. The van der Waals surface area contributed by atoms with E-state index in [1.165, 1.54) is 0 Å². The van der Waals surface area contributed by atoms with Crippen molar-refractivity contribution in [1.82, 2.24) is 0 Å². The predicted octanol–water partition coefficient (Wildman–Crippen LogP) is 2.67. The van der Waals surface area contributed by atoms with Crippen LogP contribution in [-0.2, 0) is 4.79 Å². The highest BCUT2D eigenvalue weighted by atomic mass is 35.5. The van der Waals surface area contributed by atoms with E-state index in [0.717, 1.165) is 5.56 Å². The number of rotatable bonds is 4. The van der Waals surface area contributed by atoms with Crippen molar-refractivity contribution in [2.45, 2.75) is 6.92 Å². The highest BCUT2D eigenvalue weighted by molar-refractivity contribution is 6.32. The molecule has 3 nitrogen and oxygen atoms in total. The van der Waals surface area contributed by atoms with Gasteiger partial charge in [0.2, 0.25) is 0 Å². The monoisotopic (exact) mass is 226 g/mol. The molecule has 0 atom stereocenters. The number of carboxylic acids is 1. The van der Waals surface area contributed by atoms with Crippen LogP contribution in [0.15, 0.2) is 30.4 Å². The van der Waals surface area contributed by atoms with Crippen LogP contribution >= 0.6 is 11.6 Å². The van der Waals surface area contributed by atoms with Gasteiger partial charge in [-0.05, 0) is 24.6 Å². The maximum atomic E-state index is 10.4. The van der Waals surface area contributed by atoms with Crippen molar-refractivity contribution in [2.24, 2.45) is 0 Å². The van der Waals surface area contributed by atoms with Crippen LogP contribution in [0.2, 0.25) is 5.02 Å². The van der Waals surface area contributed by atoms with Crippen molar-refractivity contribution in [2.75, 3.05) is 6.61 Å². The van der Waals surface area contributed by atoms with Gasteiger partial charge in [0.05, 0.1) is 10.6 Å². The third-order valence-electron chi connectivity index (χ3n) is 1.79. The summed E-state index contributed by atoms with van der Waals surface area (Å²) in [6.45, 7) is 5.19. The first-order chi connectivity index (χ1) is 7.00. The Hall–Kier alpha value is -1.48. The molecule has 1 N–H and O–H groups in total. The van der Waals surface area contributed by atoms with E-state index in [2.05, 4.69) is 6.58 Å². The molecule has 80 valence electrons. The van der Waals surface area contributed by atoms with Crippen LogP contribution in [0.3, 0.4) is 0 Å². The summed E-state index contributed by atoms with van der Waals surface area (Å²) >= 11 is 5.89. The Kier molecular flexibility index (Phi) is 3.74. The van der Waals surface area contributed by atoms with Gasteiger partial charge in [-0.1, -0.05) is 24.2 Å². The summed E-state index contributed by atoms with van der Waals surface area (Å²) in [5.74, 6) is -0.608. The lowest BCUT2D eigenvalue weighted by molar-refractivity contribution is -0.133. The van der Waals surface area contributed by atoms with Gasteiger partial charge in [0.1, 0.15) is 12.4 Å². The van der Waals surface area contributed by atoms with Gasteiger partial charge in [-0.15, -0.1) is 0 Å². The Balaban J connectivity index is 2.66. The van der Waals surface area contributed by atoms with Crippen LogP contribution in [0.1, 0.15) is 5.56 Å². The molecule has 15 heavy (non-hydrogen) atoms. The van der Waals surface area contributed by atoms with E-state index in [0.29, 0.717) is 10.8 Å². The largest absolute Gasteiger partial charge is 0.487 e. The zero-order chi connectivity index (χ0) is 11.4. The van der Waals surface area contributed by atoms with E-state index in [1.807, 2.05) is 13.0 Å². The van der Waals surface area contributed by atoms with Gasteiger partial charge in [-0.3, -0.25) is 0 Å². The molecule has 0 heterocycles. The zero-order valence-electron chi connectivity index (χ0n) is 8.29. The van der Waals surface area contributed by atoms with Crippen LogP contribution in [0, 0.1) is 6.92 Å². The molecule has 0 amide bonds. The molecular formula is C11H11ClO3. The smallest absolute Gasteiger partial charge is 0.334 e. The standard InChI is InChI=1S/C11H11ClO3/c1-7-3-4-10(9(12)5-7)15-6-8(2)11(13)14/h3-5H,2,6H2,1H3,(H,13,14). The van der Waals surface area contributed by atoms with Crippen LogP contribution in [0.4, 0.5) is 0 Å². The molecule has 0 unspecified atom stereocenters. The van der Waals surface area contributed by atoms with Gasteiger partial charge in [-0.2, -0.15) is 0 Å². The lowest BCUT2D eigenvalue weighted by Gasteiger charge is -2.07. The molecule has 0 spiro atoms. The molecule has 0 saturated carbocycles. The third kappa shape index (κ3) is 3.29. The van der Waals surface area contributed by atoms with Crippen LogP contribution in [0.25, 0.3) is 0 Å². The van der Waals surface area contributed by atoms with Crippen molar-refractivity contribution in [3.05, 3.63) is 40.9 Å². The third-order valence-corrected chi connectivity index (χ3v) is 2.09. The molecule has 0 radical (unpaired) electrons. The molecule has 0 saturated heterocycles. The number of hydrogen-bond acceptors (Lipinski definition) is 2. The van der Waals surface area contributed by atoms with Gasteiger partial charge in [-0.25, -0.2) is 4.79 Å². The summed E-state index contributed by atoms with van der Waals surface area (Å²) in [7, 11) is 0. The molecule has 0 bridgehead atoms. The number of aryl methyl sites for hydroxylation is 1. The van der Waals surface area contributed by atoms with E-state index >= 15 is 0 Å². The first-order valence-electron chi connectivity index (χ1n) is 4.30. The van der Waals surface area contributed by atoms with E-state index < -0.39 is 5.97 Å². The van der Waals surface area contributed by atoms with E-state index in [4.69, 9.17) is 21.4 Å². The predicted molar refractivity (Wildman–Crippen MR) is 58.5 cm³/mol. The second-order valence-corrected chi connectivity index (χ2v) is 3.54. The Morgan fingerprint density at radius 1 is 1.60 bits per heavy atom. The number of benzene rings is 1. The SMILES string of the molecule is C=C(COc1ccc(C)cc1Cl)C(=O)O. The summed E-state index contributed by atoms with van der Waals surface area (Å²) in [5.41, 5.74) is 1.01. The van der Waals surface area contributed by atoms with Gasteiger partial charge < -0.3 is 9.84 Å². The minimum atomic E-state index is -1.07. The van der Waals surface area contributed by atoms with Gasteiger partial charge in [0, 0.05) is 0 Å². The highest BCUT2D eigenvalue weighted by Gasteiger charge is 2.06. The van der Waals surface area contributed by atoms with Crippen LogP contribution in [-0.4, -0.2) is 17.7 Å². The summed E-state index contributed by atoms with van der Waals surface area (Å²) in [6, 6.07) is 5.29. The molecular weight excluding hydrogens is 216 g/mol. The number of carboxylic acid groups (broad SMARTS) is 1. The summed E-state index contributed by atoms with van der Waals surface area (Å²) < 4.78 is 5.20. The lowest BCUT2D eigenvalue weighted by Crippen LogP contribution is -2.09. The van der Waals surface area contributed by atoms with E-state index in [9.17, 15) is 4.79 Å². The average Bonchev–Trinajstić information content (AvgIpc) is 2.15. The fraction of sp³-hybridized carbons (Fsp3) is 0.182. The van der Waals surface area contributed by atoms with Crippen molar-refractivity contribution in [3.63, 3.8) is 0 Å². The maximum absolute atomic E-state index is 10.4. The minimum absolute atomic E-state index is 0.00774. The Bertz CT molecular complexity index is 399. The molecule has 4 heteroatoms. The number of halogens is 1. The molecule has 0 fully saturated rings. The topological polar surface area (TPSA) is 46.5 Å². The van der Waals surface area contributed by atoms with E-state index in [1.54, 1.807) is 12.1 Å². The molecule has 0 aromatic heterocycles. The molecule has 0 aliphatic heterocycles. The molecule has 1 aromatic rings. The lowest BCUT2D eigenvalue weighted by atomic mass is 10.2. The molecule has 1 aromatic carbocycles. The molecule has 1 rings (SSSR count). The second-order valence-electron chi connectivity index (χ2n) is 3.13. The Labute approximate surface area is 92.9 Å². The van der Waals surface area contributed by atoms with Gasteiger partial charge in [0.15, 0.2) is 0 Å². The Morgan fingerprint density at radius 3 is 2.80 bits per heavy atom. The number of carbonyl (C=O) groups is 1. The zero-order valence-corrected chi connectivity index (χ0v) is 9.04.